The predicted molar refractivity (Wildman–Crippen MR) is 130 cm³/mol. The van der Waals surface area contributed by atoms with Crippen LogP contribution in [0, 0.1) is 17.0 Å². The number of nitrogens with zero attached hydrogens (tertiary/aromatic N) is 1. The number of aryl methyl sites for hydroxylation is 1. The monoisotopic (exact) mass is 476 g/mol. The highest BCUT2D eigenvalue weighted by Crippen LogP contribution is 2.44. The summed E-state index contributed by atoms with van der Waals surface area (Å²) >= 11 is 0. The molecule has 0 saturated carbocycles. The number of carbonyl (C=O) groups excluding carboxylic acids is 2. The number of esters is 1. The van der Waals surface area contributed by atoms with Gasteiger partial charge in [-0.3, -0.25) is 14.9 Å². The third kappa shape index (κ3) is 4.96. The first kappa shape index (κ1) is 24.2. The molecular formula is C27H28N2O6. The number of allylic oxidation sites excluding steroid dienone is 3. The summed E-state index contributed by atoms with van der Waals surface area (Å²) in [4.78, 5) is 37.4. The van der Waals surface area contributed by atoms with Gasteiger partial charge in [-0.15, -0.1) is 0 Å². The maximum atomic E-state index is 13.0. The van der Waals surface area contributed by atoms with Crippen LogP contribution in [0.15, 0.2) is 65.0 Å². The van der Waals surface area contributed by atoms with Crippen LogP contribution in [0.3, 0.4) is 0 Å². The summed E-state index contributed by atoms with van der Waals surface area (Å²) in [5.41, 5.74) is 4.38. The van der Waals surface area contributed by atoms with E-state index in [1.807, 2.05) is 31.2 Å². The van der Waals surface area contributed by atoms with Gasteiger partial charge in [0.15, 0.2) is 11.5 Å². The smallest absolute Gasteiger partial charge is 0.336 e. The van der Waals surface area contributed by atoms with Crippen LogP contribution in [0.4, 0.5) is 5.69 Å². The Morgan fingerprint density at radius 2 is 1.89 bits per heavy atom. The molecule has 0 radical (unpaired) electrons. The molecule has 8 heteroatoms. The second kappa shape index (κ2) is 10.1. The van der Waals surface area contributed by atoms with Crippen LogP contribution >= 0.6 is 0 Å². The molecule has 8 nitrogen and oxygen atoms in total. The van der Waals surface area contributed by atoms with Crippen LogP contribution in [-0.2, 0) is 20.9 Å². The Balaban J connectivity index is 1.75. The number of rotatable bonds is 7. The van der Waals surface area contributed by atoms with Crippen LogP contribution in [-0.4, -0.2) is 23.3 Å². The fraction of sp³-hybridized carbons (Fsp3) is 0.333. The van der Waals surface area contributed by atoms with Gasteiger partial charge in [-0.25, -0.2) is 4.79 Å². The average molecular weight is 477 g/mol. The fourth-order valence-electron chi connectivity index (χ4n) is 4.62. The molecule has 0 amide bonds. The van der Waals surface area contributed by atoms with Crippen molar-refractivity contribution in [3.8, 4) is 5.75 Å². The lowest BCUT2D eigenvalue weighted by atomic mass is 9.75. The molecule has 182 valence electrons. The number of Topliss-reactive ketones (excluding diaryl/α,β-unsaturated/α-hetero) is 1. The van der Waals surface area contributed by atoms with E-state index in [2.05, 4.69) is 5.32 Å². The summed E-state index contributed by atoms with van der Waals surface area (Å²) in [6.45, 7) is 5.80. The number of hydrogen-bond acceptors (Lipinski definition) is 7. The molecule has 35 heavy (non-hydrogen) atoms. The molecule has 1 aliphatic heterocycles. The Morgan fingerprint density at radius 1 is 1.14 bits per heavy atom. The Labute approximate surface area is 203 Å². The lowest BCUT2D eigenvalue weighted by Gasteiger charge is -2.34. The van der Waals surface area contributed by atoms with Crippen molar-refractivity contribution in [2.45, 2.75) is 52.6 Å². The highest BCUT2D eigenvalue weighted by molar-refractivity contribution is 6.03. The van der Waals surface area contributed by atoms with Crippen molar-refractivity contribution < 1.29 is 24.0 Å². The highest BCUT2D eigenvalue weighted by atomic mass is 16.6. The molecule has 1 heterocycles. The van der Waals surface area contributed by atoms with Crippen molar-refractivity contribution in [2.24, 2.45) is 0 Å². The minimum atomic E-state index is -0.747. The number of nitrogens with one attached hydrogen (secondary N) is 1. The summed E-state index contributed by atoms with van der Waals surface area (Å²) < 4.78 is 11.1. The molecule has 2 aromatic carbocycles. The lowest BCUT2D eigenvalue weighted by Crippen LogP contribution is -2.34. The average Bonchev–Trinajstić information content (AvgIpc) is 2.83. The molecule has 1 atom stereocenters. The Hall–Kier alpha value is -3.94. The molecule has 0 bridgehead atoms. The van der Waals surface area contributed by atoms with Crippen molar-refractivity contribution in [3.05, 3.63) is 91.8 Å². The van der Waals surface area contributed by atoms with Gasteiger partial charge in [0.05, 0.1) is 17.1 Å². The maximum Gasteiger partial charge on any atom is 0.336 e. The van der Waals surface area contributed by atoms with Crippen LogP contribution in [0.5, 0.6) is 5.75 Å². The number of benzene rings is 2. The van der Waals surface area contributed by atoms with E-state index in [-0.39, 0.29) is 30.4 Å². The van der Waals surface area contributed by atoms with Gasteiger partial charge in [0, 0.05) is 35.4 Å². The minimum Gasteiger partial charge on any atom is -0.482 e. The van der Waals surface area contributed by atoms with E-state index >= 15 is 0 Å². The van der Waals surface area contributed by atoms with E-state index in [0.29, 0.717) is 41.7 Å². The van der Waals surface area contributed by atoms with Crippen molar-refractivity contribution >= 4 is 17.4 Å². The molecule has 0 fully saturated rings. The molecule has 1 N–H and O–H groups in total. The largest absolute Gasteiger partial charge is 0.482 e. The molecule has 0 saturated heterocycles. The second-order valence-electron chi connectivity index (χ2n) is 8.74. The number of carbonyl (C=O) groups is 2. The Bertz CT molecular complexity index is 1240. The number of ether oxygens (including phenoxy) is 2. The first-order valence-corrected chi connectivity index (χ1v) is 11.7. The van der Waals surface area contributed by atoms with Crippen molar-refractivity contribution in [3.63, 3.8) is 0 Å². The zero-order valence-electron chi connectivity index (χ0n) is 20.1. The Morgan fingerprint density at radius 3 is 2.57 bits per heavy atom. The van der Waals surface area contributed by atoms with Crippen molar-refractivity contribution in [1.29, 1.82) is 0 Å². The van der Waals surface area contributed by atoms with Gasteiger partial charge in [0.1, 0.15) is 6.61 Å². The molecule has 0 aromatic heterocycles. The highest BCUT2D eigenvalue weighted by Gasteiger charge is 2.39. The van der Waals surface area contributed by atoms with E-state index in [0.717, 1.165) is 16.8 Å². The number of ketones is 1. The van der Waals surface area contributed by atoms with E-state index in [1.165, 1.54) is 12.1 Å². The fourth-order valence-corrected chi connectivity index (χ4v) is 4.62. The third-order valence-corrected chi connectivity index (χ3v) is 6.30. The number of hydrogen-bond donors (Lipinski definition) is 1. The summed E-state index contributed by atoms with van der Waals surface area (Å²) in [5, 5.41) is 15.2. The van der Waals surface area contributed by atoms with Crippen LogP contribution in [0.25, 0.3) is 0 Å². The quantitative estimate of drug-likeness (QED) is 0.340. The van der Waals surface area contributed by atoms with E-state index in [1.54, 1.807) is 19.9 Å². The number of nitro groups is 1. The first-order chi connectivity index (χ1) is 16.8. The number of dihydropyridines is 1. The van der Waals surface area contributed by atoms with Gasteiger partial charge in [-0.2, -0.15) is 0 Å². The van der Waals surface area contributed by atoms with E-state index in [4.69, 9.17) is 9.47 Å². The SMILES string of the molecule is CCOC(=O)C1=C(C)NC2=C(C(=O)CCC2)C1c1ccc(OCc2ccc(C)cc2)c([N+](=O)[O-])c1. The second-order valence-corrected chi connectivity index (χ2v) is 8.74. The van der Waals surface area contributed by atoms with E-state index < -0.39 is 16.8 Å². The third-order valence-electron chi connectivity index (χ3n) is 6.30. The molecule has 1 unspecified atom stereocenters. The normalized spacial score (nSPS) is 17.6. The van der Waals surface area contributed by atoms with Crippen LogP contribution < -0.4 is 10.1 Å². The zero-order chi connectivity index (χ0) is 25.1. The maximum absolute atomic E-state index is 13.0. The van der Waals surface area contributed by atoms with Gasteiger partial charge in [0.2, 0.25) is 0 Å². The van der Waals surface area contributed by atoms with Gasteiger partial charge in [-0.1, -0.05) is 35.9 Å². The predicted octanol–water partition coefficient (Wildman–Crippen LogP) is 5.01. The van der Waals surface area contributed by atoms with Crippen molar-refractivity contribution in [1.82, 2.24) is 5.32 Å². The van der Waals surface area contributed by atoms with Crippen LogP contribution in [0.2, 0.25) is 0 Å². The standard InChI is InChI=1S/C27H28N2O6/c1-4-34-27(31)24-17(3)28-20-6-5-7-22(30)26(20)25(24)19-12-13-23(21(14-19)29(32)33)35-15-18-10-8-16(2)9-11-18/h8-14,25,28H,4-7,15H2,1-3H3. The van der Waals surface area contributed by atoms with Gasteiger partial charge in [-0.05, 0) is 50.8 Å². The summed E-state index contributed by atoms with van der Waals surface area (Å²) in [7, 11) is 0. The summed E-state index contributed by atoms with van der Waals surface area (Å²) in [5.74, 6) is -1.24. The molecular weight excluding hydrogens is 448 g/mol. The first-order valence-electron chi connectivity index (χ1n) is 11.7. The topological polar surface area (TPSA) is 108 Å². The van der Waals surface area contributed by atoms with E-state index in [9.17, 15) is 19.7 Å². The van der Waals surface area contributed by atoms with Gasteiger partial charge < -0.3 is 14.8 Å². The molecule has 0 spiro atoms. The lowest BCUT2D eigenvalue weighted by molar-refractivity contribution is -0.386. The minimum absolute atomic E-state index is 0.0691. The molecule has 4 rings (SSSR count). The van der Waals surface area contributed by atoms with Crippen LogP contribution in [0.1, 0.15) is 55.7 Å². The zero-order valence-corrected chi connectivity index (χ0v) is 20.1. The van der Waals surface area contributed by atoms with Gasteiger partial charge in [0.25, 0.3) is 0 Å². The van der Waals surface area contributed by atoms with Gasteiger partial charge >= 0.3 is 11.7 Å². The summed E-state index contributed by atoms with van der Waals surface area (Å²) in [6, 6.07) is 12.3. The number of nitro benzene ring substituents is 1. The van der Waals surface area contributed by atoms with Crippen molar-refractivity contribution in [2.75, 3.05) is 6.61 Å². The molecule has 2 aromatic rings. The molecule has 1 aliphatic carbocycles. The molecule has 2 aliphatic rings. The Kier molecular flexibility index (Phi) is 7.00. The summed E-state index contributed by atoms with van der Waals surface area (Å²) in [6.07, 6.45) is 1.75.